The van der Waals surface area contributed by atoms with Gasteiger partial charge in [-0.1, -0.05) is 45.0 Å². The molecule has 1 radical (unpaired) electrons. The van der Waals surface area contributed by atoms with Crippen LogP contribution in [0.25, 0.3) is 0 Å². The molecule has 0 heterocycles. The minimum atomic E-state index is 0.209. The molecule has 95 valence electrons. The van der Waals surface area contributed by atoms with Crippen molar-refractivity contribution in [1.82, 2.24) is 0 Å². The Kier molecular flexibility index (Phi) is 3.76. The smallest absolute Gasteiger partial charge is 0.0655 e. The highest BCUT2D eigenvalue weighted by Gasteiger charge is 2.23. The molecule has 0 aromatic heterocycles. The van der Waals surface area contributed by atoms with E-state index in [0.29, 0.717) is 0 Å². The number of rotatable bonds is 1. The Hall–Kier alpha value is -1.29. The SMILES string of the molecule is CC(C)(C)c1cccc([C]2CCC(C#N)CC2)c1. The van der Waals surface area contributed by atoms with Crippen LogP contribution >= 0.6 is 0 Å². The van der Waals surface area contributed by atoms with Crippen LogP contribution in [-0.2, 0) is 5.41 Å². The molecule has 0 N–H and O–H groups in total. The van der Waals surface area contributed by atoms with Crippen molar-refractivity contribution in [3.63, 3.8) is 0 Å². The Labute approximate surface area is 111 Å². The highest BCUT2D eigenvalue weighted by molar-refractivity contribution is 5.37. The molecule has 1 aromatic carbocycles. The zero-order valence-corrected chi connectivity index (χ0v) is 11.7. The summed E-state index contributed by atoms with van der Waals surface area (Å²) in [6.07, 6.45) is 4.24. The lowest BCUT2D eigenvalue weighted by Crippen LogP contribution is -2.15. The lowest BCUT2D eigenvalue weighted by Gasteiger charge is -2.26. The summed E-state index contributed by atoms with van der Waals surface area (Å²) >= 11 is 0. The van der Waals surface area contributed by atoms with Gasteiger partial charge in [-0.05, 0) is 42.2 Å². The number of hydrogen-bond donors (Lipinski definition) is 0. The average Bonchev–Trinajstić information content (AvgIpc) is 2.38. The lowest BCUT2D eigenvalue weighted by atomic mass is 9.77. The van der Waals surface area contributed by atoms with Crippen LogP contribution in [0.2, 0.25) is 0 Å². The summed E-state index contributed by atoms with van der Waals surface area (Å²) in [5, 5.41) is 8.94. The van der Waals surface area contributed by atoms with Gasteiger partial charge in [-0.3, -0.25) is 0 Å². The summed E-state index contributed by atoms with van der Waals surface area (Å²) in [6.45, 7) is 6.76. The molecule has 1 aromatic rings. The van der Waals surface area contributed by atoms with Gasteiger partial charge >= 0.3 is 0 Å². The van der Waals surface area contributed by atoms with Gasteiger partial charge in [0, 0.05) is 11.8 Å². The van der Waals surface area contributed by atoms with Crippen LogP contribution in [0.4, 0.5) is 0 Å². The van der Waals surface area contributed by atoms with E-state index in [1.54, 1.807) is 0 Å². The van der Waals surface area contributed by atoms with Gasteiger partial charge in [0.25, 0.3) is 0 Å². The molecule has 1 heteroatoms. The van der Waals surface area contributed by atoms with Gasteiger partial charge in [0.05, 0.1) is 6.07 Å². The Morgan fingerprint density at radius 3 is 2.39 bits per heavy atom. The summed E-state index contributed by atoms with van der Waals surface area (Å²) < 4.78 is 0. The molecule has 0 saturated heterocycles. The van der Waals surface area contributed by atoms with E-state index < -0.39 is 0 Å². The van der Waals surface area contributed by atoms with E-state index in [-0.39, 0.29) is 11.3 Å². The summed E-state index contributed by atoms with van der Waals surface area (Å²) in [4.78, 5) is 0. The van der Waals surface area contributed by atoms with Crippen LogP contribution < -0.4 is 0 Å². The fourth-order valence-corrected chi connectivity index (χ4v) is 2.59. The third-order valence-electron chi connectivity index (χ3n) is 3.91. The zero-order chi connectivity index (χ0) is 13.2. The maximum absolute atomic E-state index is 8.94. The highest BCUT2D eigenvalue weighted by Crippen LogP contribution is 2.36. The Morgan fingerprint density at radius 2 is 1.83 bits per heavy atom. The molecule has 0 amide bonds. The van der Waals surface area contributed by atoms with Crippen molar-refractivity contribution in [2.75, 3.05) is 0 Å². The van der Waals surface area contributed by atoms with Gasteiger partial charge in [0.2, 0.25) is 0 Å². The van der Waals surface area contributed by atoms with Gasteiger partial charge in [-0.25, -0.2) is 0 Å². The second-order valence-electron chi connectivity index (χ2n) is 6.34. The third kappa shape index (κ3) is 2.93. The highest BCUT2D eigenvalue weighted by atomic mass is 14.3. The summed E-state index contributed by atoms with van der Waals surface area (Å²) in [5.74, 6) is 1.81. The number of nitriles is 1. The number of nitrogens with zero attached hydrogens (tertiary/aromatic N) is 1. The van der Waals surface area contributed by atoms with Gasteiger partial charge in [-0.15, -0.1) is 0 Å². The second kappa shape index (κ2) is 5.14. The molecule has 0 bridgehead atoms. The first-order valence-corrected chi connectivity index (χ1v) is 6.86. The van der Waals surface area contributed by atoms with Gasteiger partial charge < -0.3 is 0 Å². The fraction of sp³-hybridized carbons (Fsp3) is 0.529. The topological polar surface area (TPSA) is 23.8 Å². The fourth-order valence-electron chi connectivity index (χ4n) is 2.59. The summed E-state index contributed by atoms with van der Waals surface area (Å²) in [6, 6.07) is 11.3. The molecular weight excluding hydrogens is 218 g/mol. The molecule has 0 unspecified atom stereocenters. The molecule has 0 atom stereocenters. The van der Waals surface area contributed by atoms with Crippen LogP contribution in [0.5, 0.6) is 0 Å². The van der Waals surface area contributed by atoms with Crippen molar-refractivity contribution in [2.45, 2.75) is 51.9 Å². The van der Waals surface area contributed by atoms with Crippen molar-refractivity contribution in [2.24, 2.45) is 5.92 Å². The van der Waals surface area contributed by atoms with Gasteiger partial charge in [-0.2, -0.15) is 5.26 Å². The average molecular weight is 240 g/mol. The van der Waals surface area contributed by atoms with Crippen molar-refractivity contribution >= 4 is 0 Å². The largest absolute Gasteiger partial charge is 0.198 e. The van der Waals surface area contributed by atoms with Gasteiger partial charge in [0.1, 0.15) is 0 Å². The Morgan fingerprint density at radius 1 is 1.17 bits per heavy atom. The molecule has 1 nitrogen and oxygen atoms in total. The third-order valence-corrected chi connectivity index (χ3v) is 3.91. The quantitative estimate of drug-likeness (QED) is 0.702. The lowest BCUT2D eigenvalue weighted by molar-refractivity contribution is 0.463. The molecule has 1 fully saturated rings. The first-order chi connectivity index (χ1) is 8.50. The molecular formula is C17H22N. The minimum Gasteiger partial charge on any atom is -0.198 e. The zero-order valence-electron chi connectivity index (χ0n) is 11.7. The number of benzene rings is 1. The molecule has 1 saturated carbocycles. The van der Waals surface area contributed by atoms with E-state index in [9.17, 15) is 0 Å². The van der Waals surface area contributed by atoms with Crippen molar-refractivity contribution in [3.8, 4) is 6.07 Å². The normalized spacial score (nSPS) is 18.6. The van der Waals surface area contributed by atoms with Gasteiger partial charge in [0.15, 0.2) is 0 Å². The molecule has 18 heavy (non-hydrogen) atoms. The molecule has 1 aliphatic rings. The monoisotopic (exact) mass is 240 g/mol. The van der Waals surface area contributed by atoms with E-state index in [1.165, 1.54) is 17.0 Å². The molecule has 0 aliphatic heterocycles. The Balaban J connectivity index is 2.13. The molecule has 0 spiro atoms. The van der Waals surface area contributed by atoms with Crippen LogP contribution in [-0.4, -0.2) is 0 Å². The molecule has 1 aliphatic carbocycles. The standard InChI is InChI=1S/C17H22N/c1-17(2,3)16-6-4-5-15(11-16)14-9-7-13(12-18)8-10-14/h4-6,11,13H,7-10H2,1-3H3. The van der Waals surface area contributed by atoms with E-state index in [2.05, 4.69) is 51.1 Å². The van der Waals surface area contributed by atoms with E-state index in [0.717, 1.165) is 25.7 Å². The van der Waals surface area contributed by atoms with Crippen LogP contribution in [0.1, 0.15) is 57.6 Å². The van der Waals surface area contributed by atoms with Crippen molar-refractivity contribution < 1.29 is 0 Å². The van der Waals surface area contributed by atoms with Crippen LogP contribution in [0.15, 0.2) is 24.3 Å². The maximum atomic E-state index is 8.94. The predicted molar refractivity (Wildman–Crippen MR) is 75.1 cm³/mol. The molecule has 2 rings (SSSR count). The first-order valence-electron chi connectivity index (χ1n) is 6.86. The van der Waals surface area contributed by atoms with Crippen molar-refractivity contribution in [1.29, 1.82) is 5.26 Å². The minimum absolute atomic E-state index is 0.209. The van der Waals surface area contributed by atoms with E-state index in [1.807, 2.05) is 0 Å². The van der Waals surface area contributed by atoms with E-state index >= 15 is 0 Å². The summed E-state index contributed by atoms with van der Waals surface area (Å²) in [5.41, 5.74) is 2.99. The van der Waals surface area contributed by atoms with Crippen molar-refractivity contribution in [3.05, 3.63) is 41.3 Å². The Bertz CT molecular complexity index is 439. The number of hydrogen-bond acceptors (Lipinski definition) is 1. The summed E-state index contributed by atoms with van der Waals surface area (Å²) in [7, 11) is 0. The maximum Gasteiger partial charge on any atom is 0.0655 e. The van der Waals surface area contributed by atoms with Crippen LogP contribution in [0.3, 0.4) is 0 Å². The van der Waals surface area contributed by atoms with E-state index in [4.69, 9.17) is 5.26 Å². The first kappa shape index (κ1) is 13.1. The predicted octanol–water partition coefficient (Wildman–Crippen LogP) is 4.62. The van der Waals surface area contributed by atoms with Crippen LogP contribution in [0, 0.1) is 23.2 Å². The second-order valence-corrected chi connectivity index (χ2v) is 6.34.